The molecule has 2 fully saturated rings. The second-order valence-corrected chi connectivity index (χ2v) is 7.99. The van der Waals surface area contributed by atoms with Crippen LogP contribution in [0.4, 0.5) is 4.39 Å². The van der Waals surface area contributed by atoms with Crippen molar-refractivity contribution in [2.75, 3.05) is 13.1 Å². The molecule has 1 atom stereocenters. The molecule has 1 N–H and O–H groups in total. The lowest BCUT2D eigenvalue weighted by molar-refractivity contribution is -0.115. The number of carbonyl (C=O) groups excluding carboxylic acids is 2. The first kappa shape index (κ1) is 17.9. The van der Waals surface area contributed by atoms with Crippen LogP contribution in [0.15, 0.2) is 45.7 Å². The highest BCUT2D eigenvalue weighted by atomic mass is 32.2. The molecule has 0 spiro atoms. The van der Waals surface area contributed by atoms with Crippen LogP contribution in [0.5, 0.6) is 0 Å². The summed E-state index contributed by atoms with van der Waals surface area (Å²) in [7, 11) is 0. The van der Waals surface area contributed by atoms with Crippen molar-refractivity contribution in [3.05, 3.63) is 52.6 Å². The van der Waals surface area contributed by atoms with E-state index in [1.54, 1.807) is 36.4 Å². The second-order valence-electron chi connectivity index (χ2n) is 6.27. The van der Waals surface area contributed by atoms with E-state index >= 15 is 0 Å². The van der Waals surface area contributed by atoms with Crippen molar-refractivity contribution in [3.8, 4) is 11.3 Å². The van der Waals surface area contributed by atoms with Crippen LogP contribution in [-0.2, 0) is 4.79 Å². The van der Waals surface area contributed by atoms with E-state index in [1.807, 2.05) is 6.07 Å². The Kier molecular flexibility index (Phi) is 4.84. The van der Waals surface area contributed by atoms with E-state index in [0.717, 1.165) is 5.56 Å². The zero-order chi connectivity index (χ0) is 19.0. The maximum Gasteiger partial charge on any atom is 0.263 e. The monoisotopic (exact) mass is 402 g/mol. The number of halogens is 1. The predicted molar refractivity (Wildman–Crippen MR) is 106 cm³/mol. The van der Waals surface area contributed by atoms with Gasteiger partial charge in [0.1, 0.15) is 22.0 Å². The molecule has 2 amide bonds. The molecule has 3 heterocycles. The third kappa shape index (κ3) is 3.81. The van der Waals surface area contributed by atoms with Gasteiger partial charge in [0.15, 0.2) is 0 Å². The zero-order valence-electron chi connectivity index (χ0n) is 14.1. The maximum atomic E-state index is 13.4. The number of thioether (sulfide) groups is 1. The molecule has 5 nitrogen and oxygen atoms in total. The molecule has 1 aromatic heterocycles. The lowest BCUT2D eigenvalue weighted by atomic mass is 10.1. The van der Waals surface area contributed by atoms with Gasteiger partial charge >= 0.3 is 0 Å². The topological polar surface area (TPSA) is 62.6 Å². The molecule has 0 aliphatic carbocycles. The number of hydrogen-bond donors (Lipinski definition) is 1. The SMILES string of the molecule is O=C1NC(=S)S/C1=C/c1ccc(-c2cccc(C(=O)N3CC[C@@H](F)C3)c2)o1. The third-order valence-electron chi connectivity index (χ3n) is 4.35. The van der Waals surface area contributed by atoms with Gasteiger partial charge in [-0.2, -0.15) is 0 Å². The number of amides is 2. The zero-order valence-corrected chi connectivity index (χ0v) is 15.7. The molecule has 138 valence electrons. The van der Waals surface area contributed by atoms with E-state index in [2.05, 4.69) is 5.32 Å². The molecule has 0 bridgehead atoms. The molecule has 4 rings (SSSR count). The van der Waals surface area contributed by atoms with Crippen molar-refractivity contribution in [1.82, 2.24) is 10.2 Å². The van der Waals surface area contributed by atoms with Crippen molar-refractivity contribution in [2.45, 2.75) is 12.6 Å². The smallest absolute Gasteiger partial charge is 0.263 e. The predicted octanol–water partition coefficient (Wildman–Crippen LogP) is 3.62. The lowest BCUT2D eigenvalue weighted by Gasteiger charge is -2.15. The molecule has 1 aromatic carbocycles. The van der Waals surface area contributed by atoms with Crippen LogP contribution >= 0.6 is 24.0 Å². The number of alkyl halides is 1. The Morgan fingerprint density at radius 1 is 1.37 bits per heavy atom. The minimum Gasteiger partial charge on any atom is -0.457 e. The largest absolute Gasteiger partial charge is 0.457 e. The van der Waals surface area contributed by atoms with E-state index in [0.29, 0.717) is 39.3 Å². The Labute approximate surface area is 164 Å². The molecular weight excluding hydrogens is 387 g/mol. The van der Waals surface area contributed by atoms with Crippen LogP contribution in [0.2, 0.25) is 0 Å². The highest BCUT2D eigenvalue weighted by molar-refractivity contribution is 8.26. The summed E-state index contributed by atoms with van der Waals surface area (Å²) in [4.78, 5) is 26.3. The highest BCUT2D eigenvalue weighted by Gasteiger charge is 2.27. The quantitative estimate of drug-likeness (QED) is 0.628. The first-order chi connectivity index (χ1) is 13.0. The molecular formula is C19H15FN2O3S2. The summed E-state index contributed by atoms with van der Waals surface area (Å²) < 4.78 is 19.6. The van der Waals surface area contributed by atoms with E-state index < -0.39 is 6.17 Å². The average Bonchev–Trinajstić information content (AvgIpc) is 3.36. The van der Waals surface area contributed by atoms with Gasteiger partial charge in [-0.1, -0.05) is 36.1 Å². The fourth-order valence-electron chi connectivity index (χ4n) is 3.03. The number of hydrogen-bond acceptors (Lipinski definition) is 5. The van der Waals surface area contributed by atoms with Crippen molar-refractivity contribution >= 4 is 46.2 Å². The van der Waals surface area contributed by atoms with E-state index in [1.165, 1.54) is 16.7 Å². The lowest BCUT2D eigenvalue weighted by Crippen LogP contribution is -2.28. The van der Waals surface area contributed by atoms with Crippen molar-refractivity contribution < 1.29 is 18.4 Å². The van der Waals surface area contributed by atoms with Crippen LogP contribution in [0.1, 0.15) is 22.5 Å². The van der Waals surface area contributed by atoms with E-state index in [-0.39, 0.29) is 18.4 Å². The molecule has 2 aromatic rings. The van der Waals surface area contributed by atoms with Gasteiger partial charge in [0.05, 0.1) is 11.4 Å². The van der Waals surface area contributed by atoms with Gasteiger partial charge in [-0.15, -0.1) is 0 Å². The van der Waals surface area contributed by atoms with Crippen molar-refractivity contribution in [2.24, 2.45) is 0 Å². The Morgan fingerprint density at radius 2 is 2.22 bits per heavy atom. The molecule has 2 aliphatic rings. The molecule has 27 heavy (non-hydrogen) atoms. The Hall–Kier alpha value is -2.45. The summed E-state index contributed by atoms with van der Waals surface area (Å²) in [6, 6.07) is 10.6. The molecule has 0 unspecified atom stereocenters. The van der Waals surface area contributed by atoms with Gasteiger partial charge in [-0.25, -0.2) is 4.39 Å². The fraction of sp³-hybridized carbons (Fsp3) is 0.211. The van der Waals surface area contributed by atoms with Gasteiger partial charge in [-0.05, 0) is 30.7 Å². The molecule has 2 saturated heterocycles. The number of thiocarbonyl (C=S) groups is 1. The third-order valence-corrected chi connectivity index (χ3v) is 5.52. The van der Waals surface area contributed by atoms with Gasteiger partial charge in [0.25, 0.3) is 11.8 Å². The Bertz CT molecular complexity index is 969. The number of benzene rings is 1. The summed E-state index contributed by atoms with van der Waals surface area (Å²) in [5.74, 6) is 0.668. The normalized spacial score (nSPS) is 21.1. The number of nitrogens with zero attached hydrogens (tertiary/aromatic N) is 1. The minimum atomic E-state index is -0.948. The van der Waals surface area contributed by atoms with Crippen LogP contribution in [0, 0.1) is 0 Å². The Morgan fingerprint density at radius 3 is 2.93 bits per heavy atom. The summed E-state index contributed by atoms with van der Waals surface area (Å²) >= 11 is 6.15. The van der Waals surface area contributed by atoms with E-state index in [4.69, 9.17) is 16.6 Å². The van der Waals surface area contributed by atoms with Gasteiger partial charge in [0.2, 0.25) is 0 Å². The minimum absolute atomic E-state index is 0.142. The van der Waals surface area contributed by atoms with Gasteiger partial charge < -0.3 is 14.6 Å². The Balaban J connectivity index is 1.55. The summed E-state index contributed by atoms with van der Waals surface area (Å²) in [6.45, 7) is 0.577. The standard InChI is InChI=1S/C19H15FN2O3S2/c20-13-6-7-22(10-13)18(24)12-3-1-2-11(8-12)15-5-4-14(25-15)9-16-17(23)21-19(26)27-16/h1-5,8-9,13H,6-7,10H2,(H,21,23,26)/b16-9+/t13-/m1/s1. The molecule has 2 aliphatic heterocycles. The number of likely N-dealkylation sites (tertiary alicyclic amines) is 1. The summed E-state index contributed by atoms with van der Waals surface area (Å²) in [5, 5.41) is 2.55. The highest BCUT2D eigenvalue weighted by Crippen LogP contribution is 2.29. The number of nitrogens with one attached hydrogen (secondary N) is 1. The number of rotatable bonds is 3. The summed E-state index contributed by atoms with van der Waals surface area (Å²) in [5.41, 5.74) is 1.23. The second kappa shape index (κ2) is 7.28. The fourth-order valence-corrected chi connectivity index (χ4v) is 4.05. The maximum absolute atomic E-state index is 13.4. The number of furan rings is 1. The van der Waals surface area contributed by atoms with E-state index in [9.17, 15) is 14.0 Å². The van der Waals surface area contributed by atoms with Crippen molar-refractivity contribution in [1.29, 1.82) is 0 Å². The van der Waals surface area contributed by atoms with Crippen LogP contribution in [0.3, 0.4) is 0 Å². The molecule has 0 radical (unpaired) electrons. The first-order valence-corrected chi connectivity index (χ1v) is 9.60. The average molecular weight is 402 g/mol. The summed E-state index contributed by atoms with van der Waals surface area (Å²) in [6.07, 6.45) is 1.07. The number of carbonyl (C=O) groups is 2. The van der Waals surface area contributed by atoms with Crippen LogP contribution < -0.4 is 5.32 Å². The van der Waals surface area contributed by atoms with Gasteiger partial charge in [0, 0.05) is 23.7 Å². The molecule has 0 saturated carbocycles. The van der Waals surface area contributed by atoms with Gasteiger partial charge in [-0.3, -0.25) is 9.59 Å². The molecule has 8 heteroatoms. The first-order valence-electron chi connectivity index (χ1n) is 8.38. The van der Waals surface area contributed by atoms with Crippen LogP contribution in [-0.4, -0.2) is 40.3 Å². The van der Waals surface area contributed by atoms with Crippen LogP contribution in [0.25, 0.3) is 17.4 Å². The van der Waals surface area contributed by atoms with Crippen molar-refractivity contribution in [3.63, 3.8) is 0 Å².